The summed E-state index contributed by atoms with van der Waals surface area (Å²) < 4.78 is 2.34. The molecule has 232 valence electrons. The van der Waals surface area contributed by atoms with Crippen LogP contribution in [0.2, 0.25) is 0 Å². The van der Waals surface area contributed by atoms with Crippen molar-refractivity contribution in [3.63, 3.8) is 0 Å². The molecule has 0 spiro atoms. The summed E-state index contributed by atoms with van der Waals surface area (Å²) >= 11 is 0. The number of hydrogen-bond acceptors (Lipinski definition) is 3. The van der Waals surface area contributed by atoms with Crippen LogP contribution in [0.4, 0.5) is 0 Å². The van der Waals surface area contributed by atoms with Crippen LogP contribution in [0.3, 0.4) is 0 Å². The zero-order valence-corrected chi connectivity index (χ0v) is 31.1. The van der Waals surface area contributed by atoms with Gasteiger partial charge in [0.25, 0.3) is 0 Å². The SMILES string of the molecule is [U+2].[c-]1cc(-c2ccc3c(c2)c2ccccc2n3-c2ccccc2)ccc1-c1[c-]ccc(-c2nc(-c3ccccc3)nc(-c3ccccc3)n2)c1. The van der Waals surface area contributed by atoms with Gasteiger partial charge in [0, 0.05) is 27.6 Å². The molecule has 9 aromatic rings. The Kier molecular flexibility index (Phi) is 8.69. The number of nitrogens with zero attached hydrogens (tertiary/aromatic N) is 4. The first-order valence-corrected chi connectivity index (χ1v) is 16.3. The fraction of sp³-hybridized carbons (Fsp3) is 0. The minimum Gasteiger partial charge on any atom is -0.309 e. The molecular weight excluding hydrogens is 835 g/mol. The van der Waals surface area contributed by atoms with Gasteiger partial charge in [-0.3, -0.25) is 0 Å². The molecule has 0 aliphatic carbocycles. The number of para-hydroxylation sites is 2. The second-order valence-corrected chi connectivity index (χ2v) is 11.9. The standard InChI is InChI=1S/C45H28N4.U/c1-4-13-33(14-5-1)43-46-44(34-15-6-2-7-16-34)48-45(47-43)37-18-12-17-35(29-37)31-23-25-32(26-24-31)36-27-28-42-40(30-36)39-21-10-11-22-41(39)49(42)38-19-8-3-9-20-38;/h1-16,18-23,25-30H;/q-2;+2. The molecule has 0 unspecified atom stereocenters. The molecule has 0 saturated carbocycles. The van der Waals surface area contributed by atoms with Crippen LogP contribution >= 0.6 is 0 Å². The Balaban J connectivity index is 0.00000361. The summed E-state index contributed by atoms with van der Waals surface area (Å²) in [5, 5.41) is 2.46. The van der Waals surface area contributed by atoms with Crippen molar-refractivity contribution in [1.82, 2.24) is 19.5 Å². The molecule has 0 N–H and O–H groups in total. The fourth-order valence-corrected chi connectivity index (χ4v) is 6.48. The Hall–Kier alpha value is -5.60. The quantitative estimate of drug-likeness (QED) is 0.156. The third-order valence-electron chi connectivity index (χ3n) is 8.88. The van der Waals surface area contributed by atoms with Crippen molar-refractivity contribution in [2.75, 3.05) is 0 Å². The zero-order valence-electron chi connectivity index (χ0n) is 27.0. The van der Waals surface area contributed by atoms with Gasteiger partial charge in [-0.15, -0.1) is 23.8 Å². The summed E-state index contributed by atoms with van der Waals surface area (Å²) in [4.78, 5) is 14.6. The monoisotopic (exact) mass is 862 g/mol. The molecule has 7 aromatic carbocycles. The van der Waals surface area contributed by atoms with Gasteiger partial charge in [0.2, 0.25) is 0 Å². The van der Waals surface area contributed by atoms with Crippen molar-refractivity contribution in [3.8, 4) is 62.1 Å². The smallest absolute Gasteiger partial charge is 0.309 e. The largest absolute Gasteiger partial charge is 2.00 e. The number of aromatic nitrogens is 4. The van der Waals surface area contributed by atoms with Crippen LogP contribution in [0.25, 0.3) is 83.9 Å². The first-order chi connectivity index (χ1) is 24.3. The van der Waals surface area contributed by atoms with E-state index in [4.69, 9.17) is 15.0 Å². The van der Waals surface area contributed by atoms with Crippen LogP contribution in [0.15, 0.2) is 170 Å². The number of fused-ring (bicyclic) bond motifs is 3. The molecule has 0 radical (unpaired) electrons. The van der Waals surface area contributed by atoms with Gasteiger partial charge in [0.05, 0.1) is 11.0 Å². The average Bonchev–Trinajstić information content (AvgIpc) is 3.52. The second kappa shape index (κ2) is 13.7. The number of hydrogen-bond donors (Lipinski definition) is 0. The molecule has 0 bridgehead atoms. The maximum absolute atomic E-state index is 4.91. The summed E-state index contributed by atoms with van der Waals surface area (Å²) in [6.45, 7) is 0. The molecule has 0 saturated heterocycles. The van der Waals surface area contributed by atoms with Gasteiger partial charge >= 0.3 is 31.1 Å². The predicted octanol–water partition coefficient (Wildman–Crippen LogP) is 10.9. The van der Waals surface area contributed by atoms with E-state index in [0.29, 0.717) is 17.5 Å². The molecule has 9 rings (SSSR count). The van der Waals surface area contributed by atoms with Crippen molar-refractivity contribution in [2.24, 2.45) is 0 Å². The van der Waals surface area contributed by atoms with Gasteiger partial charge in [0.1, 0.15) is 5.82 Å². The van der Waals surface area contributed by atoms with E-state index < -0.39 is 0 Å². The Morgan fingerprint density at radius 3 is 1.64 bits per heavy atom. The molecule has 5 heteroatoms. The minimum absolute atomic E-state index is 0. The predicted molar refractivity (Wildman–Crippen MR) is 199 cm³/mol. The van der Waals surface area contributed by atoms with E-state index in [2.05, 4.69) is 114 Å². The van der Waals surface area contributed by atoms with Gasteiger partial charge < -0.3 is 4.57 Å². The first-order valence-electron chi connectivity index (χ1n) is 16.3. The van der Waals surface area contributed by atoms with E-state index in [1.54, 1.807) is 0 Å². The van der Waals surface area contributed by atoms with Crippen molar-refractivity contribution in [2.45, 2.75) is 0 Å². The van der Waals surface area contributed by atoms with E-state index in [9.17, 15) is 0 Å². The molecule has 4 nitrogen and oxygen atoms in total. The average molecular weight is 863 g/mol. The zero-order chi connectivity index (χ0) is 32.6. The van der Waals surface area contributed by atoms with E-state index >= 15 is 0 Å². The molecular formula is C45H28N4U. The van der Waals surface area contributed by atoms with Gasteiger partial charge in [-0.2, -0.15) is 30.3 Å². The first kappa shape index (κ1) is 31.7. The summed E-state index contributed by atoms with van der Waals surface area (Å²) in [7, 11) is 0. The van der Waals surface area contributed by atoms with Crippen molar-refractivity contribution >= 4 is 21.8 Å². The number of benzene rings is 7. The third-order valence-corrected chi connectivity index (χ3v) is 8.88. The van der Waals surface area contributed by atoms with Crippen LogP contribution in [-0.4, -0.2) is 19.5 Å². The molecule has 50 heavy (non-hydrogen) atoms. The summed E-state index contributed by atoms with van der Waals surface area (Å²) in [6.07, 6.45) is 0. The van der Waals surface area contributed by atoms with Crippen LogP contribution in [0.5, 0.6) is 0 Å². The minimum atomic E-state index is 0. The topological polar surface area (TPSA) is 43.6 Å². The second-order valence-electron chi connectivity index (χ2n) is 11.9. The van der Waals surface area contributed by atoms with Crippen molar-refractivity contribution in [3.05, 3.63) is 182 Å². The summed E-state index contributed by atoms with van der Waals surface area (Å²) in [5.74, 6) is 1.89. The van der Waals surface area contributed by atoms with Crippen LogP contribution < -0.4 is 0 Å². The van der Waals surface area contributed by atoms with Crippen molar-refractivity contribution < 1.29 is 31.1 Å². The molecule has 0 atom stereocenters. The van der Waals surface area contributed by atoms with E-state index in [1.165, 1.54) is 21.8 Å². The molecule has 0 aliphatic rings. The summed E-state index contributed by atoms with van der Waals surface area (Å²) in [5.41, 5.74) is 10.4. The van der Waals surface area contributed by atoms with Crippen LogP contribution in [0.1, 0.15) is 0 Å². The Bertz CT molecular complexity index is 2520. The third kappa shape index (κ3) is 5.96. The Morgan fingerprint density at radius 1 is 0.400 bits per heavy atom. The van der Waals surface area contributed by atoms with Gasteiger partial charge in [0.15, 0.2) is 11.6 Å². The molecule has 0 fully saturated rings. The normalized spacial score (nSPS) is 11.0. The summed E-state index contributed by atoms with van der Waals surface area (Å²) in [6, 6.07) is 65.2. The Morgan fingerprint density at radius 2 is 0.980 bits per heavy atom. The van der Waals surface area contributed by atoms with E-state index in [1.807, 2.05) is 72.8 Å². The Labute approximate surface area is 314 Å². The van der Waals surface area contributed by atoms with Gasteiger partial charge in [-0.05, 0) is 24.3 Å². The van der Waals surface area contributed by atoms with Gasteiger partial charge in [-0.25, -0.2) is 26.1 Å². The van der Waals surface area contributed by atoms with E-state index in [-0.39, 0.29) is 31.1 Å². The fourth-order valence-electron chi connectivity index (χ4n) is 6.48. The van der Waals surface area contributed by atoms with Crippen LogP contribution in [0, 0.1) is 43.2 Å². The van der Waals surface area contributed by atoms with Gasteiger partial charge in [-0.1, -0.05) is 120 Å². The molecule has 0 amide bonds. The molecule has 2 aromatic heterocycles. The number of rotatable bonds is 6. The molecule has 2 heterocycles. The van der Waals surface area contributed by atoms with Crippen LogP contribution in [-0.2, 0) is 0 Å². The maximum Gasteiger partial charge on any atom is 2.00 e. The van der Waals surface area contributed by atoms with E-state index in [0.717, 1.165) is 44.6 Å². The molecule has 0 aliphatic heterocycles. The maximum atomic E-state index is 4.91. The van der Waals surface area contributed by atoms with Crippen molar-refractivity contribution in [1.29, 1.82) is 0 Å².